The Kier molecular flexibility index (Phi) is 7.34. The average molecular weight is 352 g/mol. The van der Waals surface area contributed by atoms with Crippen molar-refractivity contribution in [3.05, 3.63) is 71.3 Å². The molecule has 2 rings (SSSR count). The van der Waals surface area contributed by atoms with Gasteiger partial charge in [0.2, 0.25) is 5.91 Å². The van der Waals surface area contributed by atoms with Gasteiger partial charge in [-0.3, -0.25) is 4.79 Å². The van der Waals surface area contributed by atoms with Crippen LogP contribution >= 0.6 is 0 Å². The van der Waals surface area contributed by atoms with Crippen LogP contribution in [0, 0.1) is 11.3 Å². The van der Waals surface area contributed by atoms with Crippen LogP contribution < -0.4 is 5.32 Å². The largest absolute Gasteiger partial charge is 0.467 e. The molecule has 0 spiro atoms. The number of esters is 1. The number of ether oxygens (including phenoxy) is 2. The van der Waals surface area contributed by atoms with Crippen molar-refractivity contribution in [1.29, 1.82) is 5.26 Å². The zero-order valence-corrected chi connectivity index (χ0v) is 14.5. The molecule has 0 bridgehead atoms. The first-order valence-electron chi connectivity index (χ1n) is 8.10. The summed E-state index contributed by atoms with van der Waals surface area (Å²) >= 11 is 0. The highest BCUT2D eigenvalue weighted by molar-refractivity contribution is 5.85. The van der Waals surface area contributed by atoms with Crippen molar-refractivity contribution in [3.8, 4) is 6.07 Å². The van der Waals surface area contributed by atoms with E-state index in [0.29, 0.717) is 12.2 Å². The fourth-order valence-corrected chi connectivity index (χ4v) is 2.36. The summed E-state index contributed by atoms with van der Waals surface area (Å²) in [7, 11) is 1.27. The Morgan fingerprint density at radius 3 is 2.38 bits per heavy atom. The molecule has 2 aromatic rings. The van der Waals surface area contributed by atoms with Crippen molar-refractivity contribution in [1.82, 2.24) is 5.32 Å². The number of benzene rings is 2. The number of nitrogens with one attached hydrogen (secondary N) is 1. The molecular formula is C20H20N2O4. The van der Waals surface area contributed by atoms with E-state index in [1.165, 1.54) is 7.11 Å². The van der Waals surface area contributed by atoms with Gasteiger partial charge in [0.1, 0.15) is 12.6 Å². The van der Waals surface area contributed by atoms with Gasteiger partial charge >= 0.3 is 5.97 Å². The molecule has 0 saturated heterocycles. The van der Waals surface area contributed by atoms with Crippen molar-refractivity contribution in [2.75, 3.05) is 13.7 Å². The molecule has 0 aliphatic heterocycles. The first-order chi connectivity index (χ1) is 12.6. The lowest BCUT2D eigenvalue weighted by Crippen LogP contribution is -2.44. The zero-order chi connectivity index (χ0) is 18.8. The van der Waals surface area contributed by atoms with Gasteiger partial charge in [0.05, 0.1) is 25.3 Å². The Labute approximate surface area is 152 Å². The number of nitriles is 1. The van der Waals surface area contributed by atoms with Crippen molar-refractivity contribution >= 4 is 11.9 Å². The van der Waals surface area contributed by atoms with Gasteiger partial charge < -0.3 is 14.8 Å². The van der Waals surface area contributed by atoms with Crippen LogP contribution in [0.3, 0.4) is 0 Å². The summed E-state index contributed by atoms with van der Waals surface area (Å²) < 4.78 is 10.1. The minimum Gasteiger partial charge on any atom is -0.467 e. The van der Waals surface area contributed by atoms with Gasteiger partial charge in [0.25, 0.3) is 0 Å². The predicted octanol–water partition coefficient (Wildman–Crippen LogP) is 1.98. The van der Waals surface area contributed by atoms with Crippen LogP contribution in [0.25, 0.3) is 0 Å². The van der Waals surface area contributed by atoms with Crippen molar-refractivity contribution < 1.29 is 19.1 Å². The smallest absolute Gasteiger partial charge is 0.328 e. The highest BCUT2D eigenvalue weighted by Crippen LogP contribution is 2.08. The Morgan fingerprint density at radius 1 is 1.08 bits per heavy atom. The first-order valence-corrected chi connectivity index (χ1v) is 8.10. The molecule has 6 heteroatoms. The van der Waals surface area contributed by atoms with E-state index in [9.17, 15) is 9.59 Å². The SMILES string of the molecule is COC(=O)[C@H](Cc1ccc(C#N)cc1)NC(=O)COCc1ccccc1. The number of methoxy groups -OCH3 is 1. The minimum atomic E-state index is -0.819. The Bertz CT molecular complexity index is 767. The molecule has 0 radical (unpaired) electrons. The average Bonchev–Trinajstić information content (AvgIpc) is 2.68. The van der Waals surface area contributed by atoms with Gasteiger partial charge in [-0.1, -0.05) is 42.5 Å². The summed E-state index contributed by atoms with van der Waals surface area (Å²) in [6.45, 7) is 0.155. The van der Waals surface area contributed by atoms with Crippen molar-refractivity contribution in [2.24, 2.45) is 0 Å². The van der Waals surface area contributed by atoms with Crippen LogP contribution in [0.15, 0.2) is 54.6 Å². The second-order valence-electron chi connectivity index (χ2n) is 5.63. The summed E-state index contributed by atoms with van der Waals surface area (Å²) in [4.78, 5) is 24.0. The highest BCUT2D eigenvalue weighted by Gasteiger charge is 2.22. The molecule has 0 heterocycles. The van der Waals surface area contributed by atoms with E-state index in [1.807, 2.05) is 36.4 Å². The van der Waals surface area contributed by atoms with E-state index in [1.54, 1.807) is 24.3 Å². The lowest BCUT2D eigenvalue weighted by molar-refractivity contribution is -0.145. The number of nitrogens with zero attached hydrogens (tertiary/aromatic N) is 1. The molecule has 0 aromatic heterocycles. The van der Waals surface area contributed by atoms with Crippen LogP contribution in [-0.2, 0) is 32.1 Å². The summed E-state index contributed by atoms with van der Waals surface area (Å²) in [5, 5.41) is 11.5. The van der Waals surface area contributed by atoms with Gasteiger partial charge in [0.15, 0.2) is 0 Å². The molecule has 0 saturated carbocycles. The molecule has 134 valence electrons. The number of carbonyl (C=O) groups excluding carboxylic acids is 2. The Morgan fingerprint density at radius 2 is 1.77 bits per heavy atom. The van der Waals surface area contributed by atoms with Crippen molar-refractivity contribution in [3.63, 3.8) is 0 Å². The van der Waals surface area contributed by atoms with Crippen LogP contribution in [-0.4, -0.2) is 31.6 Å². The third-order valence-electron chi connectivity index (χ3n) is 3.69. The fraction of sp³-hybridized carbons (Fsp3) is 0.250. The van der Waals surface area contributed by atoms with Gasteiger partial charge in [-0.15, -0.1) is 0 Å². The molecule has 0 fully saturated rings. The van der Waals surface area contributed by atoms with Gasteiger partial charge in [-0.25, -0.2) is 4.79 Å². The second kappa shape index (κ2) is 9.97. The van der Waals surface area contributed by atoms with E-state index in [0.717, 1.165) is 11.1 Å². The Balaban J connectivity index is 1.88. The highest BCUT2D eigenvalue weighted by atomic mass is 16.5. The number of carbonyl (C=O) groups is 2. The number of amides is 1. The molecule has 6 nitrogen and oxygen atoms in total. The predicted molar refractivity (Wildman–Crippen MR) is 94.9 cm³/mol. The van der Waals surface area contributed by atoms with Gasteiger partial charge in [-0.05, 0) is 23.3 Å². The van der Waals surface area contributed by atoms with E-state index in [4.69, 9.17) is 14.7 Å². The monoisotopic (exact) mass is 352 g/mol. The minimum absolute atomic E-state index is 0.157. The summed E-state index contributed by atoms with van der Waals surface area (Å²) in [5.74, 6) is -0.934. The normalized spacial score (nSPS) is 11.2. The van der Waals surface area contributed by atoms with E-state index in [2.05, 4.69) is 5.32 Å². The number of rotatable bonds is 8. The molecule has 2 aromatic carbocycles. The quantitative estimate of drug-likeness (QED) is 0.734. The molecule has 1 amide bonds. The van der Waals surface area contributed by atoms with Crippen molar-refractivity contribution in [2.45, 2.75) is 19.1 Å². The van der Waals surface area contributed by atoms with Crippen LogP contribution in [0.1, 0.15) is 16.7 Å². The molecule has 1 N–H and O–H groups in total. The lowest BCUT2D eigenvalue weighted by atomic mass is 10.0. The Hall–Kier alpha value is -3.17. The standard InChI is InChI=1S/C20H20N2O4/c1-25-20(24)18(11-15-7-9-16(12-21)10-8-15)22-19(23)14-26-13-17-5-3-2-4-6-17/h2-10,18H,11,13-14H2,1H3,(H,22,23)/t18-/m0/s1. The number of hydrogen-bond donors (Lipinski definition) is 1. The lowest BCUT2D eigenvalue weighted by Gasteiger charge is -2.16. The number of hydrogen-bond acceptors (Lipinski definition) is 5. The molecule has 1 atom stereocenters. The zero-order valence-electron chi connectivity index (χ0n) is 14.5. The van der Waals surface area contributed by atoms with Crippen LogP contribution in [0.5, 0.6) is 0 Å². The molecule has 26 heavy (non-hydrogen) atoms. The summed E-state index contributed by atoms with van der Waals surface area (Å²) in [5.41, 5.74) is 2.30. The molecule has 0 unspecified atom stereocenters. The second-order valence-corrected chi connectivity index (χ2v) is 5.63. The van der Waals surface area contributed by atoms with Gasteiger partial charge in [0, 0.05) is 6.42 Å². The first kappa shape index (κ1) is 19.2. The molecule has 0 aliphatic carbocycles. The summed E-state index contributed by atoms with van der Waals surface area (Å²) in [6.07, 6.45) is 0.267. The topological polar surface area (TPSA) is 88.4 Å². The fourth-order valence-electron chi connectivity index (χ4n) is 2.36. The third kappa shape index (κ3) is 6.04. The molecule has 0 aliphatic rings. The molecular weight excluding hydrogens is 332 g/mol. The maximum atomic E-state index is 12.1. The van der Waals surface area contributed by atoms with Crippen LogP contribution in [0.4, 0.5) is 0 Å². The van der Waals surface area contributed by atoms with E-state index in [-0.39, 0.29) is 13.0 Å². The third-order valence-corrected chi connectivity index (χ3v) is 3.69. The summed E-state index contributed by atoms with van der Waals surface area (Å²) in [6, 6.07) is 17.5. The van der Waals surface area contributed by atoms with Gasteiger partial charge in [-0.2, -0.15) is 5.26 Å². The van der Waals surface area contributed by atoms with Crippen LogP contribution in [0.2, 0.25) is 0 Å². The maximum Gasteiger partial charge on any atom is 0.328 e. The van der Waals surface area contributed by atoms with E-state index < -0.39 is 17.9 Å². The maximum absolute atomic E-state index is 12.1. The van der Waals surface area contributed by atoms with E-state index >= 15 is 0 Å².